The van der Waals surface area contributed by atoms with Crippen LogP contribution in [0.15, 0.2) is 18.3 Å². The Hall–Kier alpha value is -1.62. The first-order valence-electron chi connectivity index (χ1n) is 8.33. The fourth-order valence-electron chi connectivity index (χ4n) is 2.83. The molecule has 0 unspecified atom stereocenters. The molecule has 1 fully saturated rings. The summed E-state index contributed by atoms with van der Waals surface area (Å²) >= 11 is 0. The van der Waals surface area contributed by atoms with Gasteiger partial charge in [0.15, 0.2) is 0 Å². The average Bonchev–Trinajstić information content (AvgIpc) is 2.53. The highest BCUT2D eigenvalue weighted by molar-refractivity contribution is 5.98. The van der Waals surface area contributed by atoms with Gasteiger partial charge in [-0.05, 0) is 57.8 Å². The van der Waals surface area contributed by atoms with Crippen LogP contribution in [-0.4, -0.2) is 48.0 Å². The van der Waals surface area contributed by atoms with E-state index in [4.69, 9.17) is 0 Å². The molecular weight excluding hydrogens is 276 g/mol. The maximum atomic E-state index is 12.8. The van der Waals surface area contributed by atoms with Gasteiger partial charge in [-0.3, -0.25) is 4.79 Å². The third-order valence-corrected chi connectivity index (χ3v) is 4.05. The second-order valence-electron chi connectivity index (χ2n) is 6.24. The van der Waals surface area contributed by atoms with Gasteiger partial charge in [-0.15, -0.1) is 0 Å². The van der Waals surface area contributed by atoms with Gasteiger partial charge in [-0.1, -0.05) is 6.92 Å². The number of pyridine rings is 1. The Labute approximate surface area is 133 Å². The summed E-state index contributed by atoms with van der Waals surface area (Å²) in [5.41, 5.74) is 0.682. The van der Waals surface area contributed by atoms with E-state index in [1.807, 2.05) is 17.0 Å². The molecule has 0 radical (unpaired) electrons. The van der Waals surface area contributed by atoms with Crippen LogP contribution in [0.25, 0.3) is 0 Å². The number of amides is 1. The SMILES string of the molecule is CCNCC1CCN(C(=O)c2cccnc2NC(C)C)CC1. The van der Waals surface area contributed by atoms with Gasteiger partial charge >= 0.3 is 0 Å². The molecule has 122 valence electrons. The van der Waals surface area contributed by atoms with Crippen molar-refractivity contribution < 1.29 is 4.79 Å². The van der Waals surface area contributed by atoms with Crippen molar-refractivity contribution >= 4 is 11.7 Å². The quantitative estimate of drug-likeness (QED) is 0.847. The van der Waals surface area contributed by atoms with E-state index in [-0.39, 0.29) is 11.9 Å². The largest absolute Gasteiger partial charge is 0.367 e. The van der Waals surface area contributed by atoms with Gasteiger partial charge in [0.2, 0.25) is 0 Å². The van der Waals surface area contributed by atoms with E-state index in [9.17, 15) is 4.79 Å². The van der Waals surface area contributed by atoms with Crippen LogP contribution in [0.3, 0.4) is 0 Å². The van der Waals surface area contributed by atoms with Crippen LogP contribution in [0.5, 0.6) is 0 Å². The van der Waals surface area contributed by atoms with Crippen LogP contribution < -0.4 is 10.6 Å². The van der Waals surface area contributed by atoms with Gasteiger partial charge in [-0.25, -0.2) is 4.98 Å². The molecular formula is C17H28N4O. The molecule has 0 spiro atoms. The summed E-state index contributed by atoms with van der Waals surface area (Å²) in [5.74, 6) is 1.47. The standard InChI is InChI=1S/C17H28N4O/c1-4-18-12-14-7-10-21(11-8-14)17(22)15-6-5-9-19-16(15)20-13(2)3/h5-6,9,13-14,18H,4,7-8,10-12H2,1-3H3,(H,19,20). The Kier molecular flexibility index (Phi) is 6.19. The molecule has 5 nitrogen and oxygen atoms in total. The molecule has 2 heterocycles. The van der Waals surface area contributed by atoms with Crippen molar-refractivity contribution in [2.45, 2.75) is 39.7 Å². The number of aromatic nitrogens is 1. The predicted molar refractivity (Wildman–Crippen MR) is 90.2 cm³/mol. The van der Waals surface area contributed by atoms with Crippen LogP contribution in [0, 0.1) is 5.92 Å². The molecule has 1 aromatic heterocycles. The molecule has 22 heavy (non-hydrogen) atoms. The highest BCUT2D eigenvalue weighted by Gasteiger charge is 2.25. The molecule has 5 heteroatoms. The highest BCUT2D eigenvalue weighted by Crippen LogP contribution is 2.21. The van der Waals surface area contributed by atoms with E-state index in [0.29, 0.717) is 17.3 Å². The van der Waals surface area contributed by atoms with Crippen LogP contribution >= 0.6 is 0 Å². The first-order valence-corrected chi connectivity index (χ1v) is 8.33. The van der Waals surface area contributed by atoms with Gasteiger partial charge < -0.3 is 15.5 Å². The minimum absolute atomic E-state index is 0.0955. The number of piperidine rings is 1. The van der Waals surface area contributed by atoms with Crippen molar-refractivity contribution in [1.82, 2.24) is 15.2 Å². The molecule has 0 bridgehead atoms. The van der Waals surface area contributed by atoms with Gasteiger partial charge in [0, 0.05) is 25.3 Å². The number of hydrogen-bond donors (Lipinski definition) is 2. The summed E-state index contributed by atoms with van der Waals surface area (Å²) in [6.07, 6.45) is 3.88. The highest BCUT2D eigenvalue weighted by atomic mass is 16.2. The topological polar surface area (TPSA) is 57.3 Å². The number of nitrogens with one attached hydrogen (secondary N) is 2. The molecule has 1 aliphatic heterocycles. The first kappa shape index (κ1) is 16.7. The fraction of sp³-hybridized carbons (Fsp3) is 0.647. The summed E-state index contributed by atoms with van der Waals surface area (Å²) in [4.78, 5) is 19.0. The van der Waals surface area contributed by atoms with Gasteiger partial charge in [0.05, 0.1) is 5.56 Å². The molecule has 0 aliphatic carbocycles. The number of hydrogen-bond acceptors (Lipinski definition) is 4. The summed E-state index contributed by atoms with van der Waals surface area (Å²) in [7, 11) is 0. The molecule has 2 N–H and O–H groups in total. The Bertz CT molecular complexity index is 481. The smallest absolute Gasteiger partial charge is 0.257 e. The van der Waals surface area contributed by atoms with E-state index in [1.165, 1.54) is 0 Å². The van der Waals surface area contributed by atoms with Crippen molar-refractivity contribution in [3.8, 4) is 0 Å². The lowest BCUT2D eigenvalue weighted by Gasteiger charge is -2.32. The summed E-state index contributed by atoms with van der Waals surface area (Å²) in [6.45, 7) is 9.98. The fourth-order valence-corrected chi connectivity index (χ4v) is 2.83. The first-order chi connectivity index (χ1) is 10.6. The zero-order valence-electron chi connectivity index (χ0n) is 13.9. The monoisotopic (exact) mass is 304 g/mol. The second kappa shape index (κ2) is 8.13. The minimum Gasteiger partial charge on any atom is -0.367 e. The molecule has 1 amide bonds. The number of rotatable bonds is 6. The third kappa shape index (κ3) is 4.44. The number of nitrogens with zero attached hydrogens (tertiary/aromatic N) is 2. The van der Waals surface area contributed by atoms with E-state index >= 15 is 0 Å². The van der Waals surface area contributed by atoms with E-state index in [0.717, 1.165) is 39.0 Å². The molecule has 2 rings (SSSR count). The lowest BCUT2D eigenvalue weighted by molar-refractivity contribution is 0.0691. The van der Waals surface area contributed by atoms with E-state index in [2.05, 4.69) is 36.4 Å². The number of carbonyl (C=O) groups is 1. The van der Waals surface area contributed by atoms with E-state index in [1.54, 1.807) is 6.20 Å². The number of carbonyl (C=O) groups excluding carboxylic acids is 1. The Morgan fingerprint density at radius 2 is 2.14 bits per heavy atom. The summed E-state index contributed by atoms with van der Waals surface area (Å²) in [6, 6.07) is 3.95. The van der Waals surface area contributed by atoms with Crippen LogP contribution in [-0.2, 0) is 0 Å². The van der Waals surface area contributed by atoms with Crippen LogP contribution in [0.2, 0.25) is 0 Å². The van der Waals surface area contributed by atoms with Gasteiger partial charge in [-0.2, -0.15) is 0 Å². The van der Waals surface area contributed by atoms with Crippen molar-refractivity contribution in [2.24, 2.45) is 5.92 Å². The van der Waals surface area contributed by atoms with Gasteiger partial charge in [0.1, 0.15) is 5.82 Å². The summed E-state index contributed by atoms with van der Waals surface area (Å²) in [5, 5.41) is 6.66. The van der Waals surface area contributed by atoms with Crippen molar-refractivity contribution in [2.75, 3.05) is 31.5 Å². The molecule has 0 aromatic carbocycles. The van der Waals surface area contributed by atoms with Crippen molar-refractivity contribution in [3.63, 3.8) is 0 Å². The molecule has 1 aromatic rings. The van der Waals surface area contributed by atoms with Crippen molar-refractivity contribution in [3.05, 3.63) is 23.9 Å². The molecule has 1 saturated heterocycles. The Morgan fingerprint density at radius 3 is 2.77 bits per heavy atom. The molecule has 0 atom stereocenters. The Balaban J connectivity index is 1.98. The molecule has 0 saturated carbocycles. The van der Waals surface area contributed by atoms with Crippen molar-refractivity contribution in [1.29, 1.82) is 0 Å². The predicted octanol–water partition coefficient (Wildman–Crippen LogP) is 2.36. The minimum atomic E-state index is 0.0955. The maximum absolute atomic E-state index is 12.8. The maximum Gasteiger partial charge on any atom is 0.257 e. The molecule has 1 aliphatic rings. The average molecular weight is 304 g/mol. The third-order valence-electron chi connectivity index (χ3n) is 4.05. The van der Waals surface area contributed by atoms with Gasteiger partial charge in [0.25, 0.3) is 5.91 Å². The lowest BCUT2D eigenvalue weighted by Crippen LogP contribution is -2.41. The van der Waals surface area contributed by atoms with Crippen LogP contribution in [0.4, 0.5) is 5.82 Å². The zero-order chi connectivity index (χ0) is 15.9. The van der Waals surface area contributed by atoms with E-state index < -0.39 is 0 Å². The lowest BCUT2D eigenvalue weighted by atomic mass is 9.96. The summed E-state index contributed by atoms with van der Waals surface area (Å²) < 4.78 is 0. The Morgan fingerprint density at radius 1 is 1.41 bits per heavy atom. The normalized spacial score (nSPS) is 16.1. The number of likely N-dealkylation sites (tertiary alicyclic amines) is 1. The second-order valence-corrected chi connectivity index (χ2v) is 6.24. The van der Waals surface area contributed by atoms with Crippen LogP contribution in [0.1, 0.15) is 44.0 Å². The zero-order valence-corrected chi connectivity index (χ0v) is 13.9. The number of anilines is 1.